The van der Waals surface area contributed by atoms with E-state index < -0.39 is 5.54 Å². The lowest BCUT2D eigenvalue weighted by Crippen LogP contribution is -2.54. The predicted molar refractivity (Wildman–Crippen MR) is 133 cm³/mol. The Kier molecular flexibility index (Phi) is 6.19. The van der Waals surface area contributed by atoms with Crippen molar-refractivity contribution in [3.63, 3.8) is 0 Å². The quantitative estimate of drug-likeness (QED) is 0.515. The number of aryl methyl sites for hydroxylation is 2. The average molecular weight is 492 g/mol. The van der Waals surface area contributed by atoms with Gasteiger partial charge in [-0.3, -0.25) is 19.5 Å². The topological polar surface area (TPSA) is 98.4 Å². The van der Waals surface area contributed by atoms with E-state index in [0.717, 1.165) is 16.1 Å². The van der Waals surface area contributed by atoms with Gasteiger partial charge in [0.05, 0.1) is 5.69 Å². The van der Waals surface area contributed by atoms with E-state index in [1.54, 1.807) is 23.6 Å². The molecule has 35 heavy (non-hydrogen) atoms. The summed E-state index contributed by atoms with van der Waals surface area (Å²) in [5, 5.41) is 5.03. The second-order valence-corrected chi connectivity index (χ2v) is 10.3. The van der Waals surface area contributed by atoms with Crippen LogP contribution in [0.25, 0.3) is 0 Å². The highest BCUT2D eigenvalue weighted by Gasteiger charge is 2.58. The van der Waals surface area contributed by atoms with Gasteiger partial charge in [-0.1, -0.05) is 12.1 Å². The molecule has 2 aliphatic heterocycles. The van der Waals surface area contributed by atoms with E-state index in [4.69, 9.17) is 0 Å². The van der Waals surface area contributed by atoms with Gasteiger partial charge < -0.3 is 15.2 Å². The van der Waals surface area contributed by atoms with E-state index in [1.165, 1.54) is 4.90 Å². The maximum atomic E-state index is 13.9. The zero-order valence-electron chi connectivity index (χ0n) is 19.9. The van der Waals surface area contributed by atoms with Gasteiger partial charge in [-0.25, -0.2) is 4.79 Å². The number of imide groups is 1. The highest BCUT2D eigenvalue weighted by Crippen LogP contribution is 2.41. The number of carbonyl (C=O) groups is 3. The number of urea groups is 1. The Bertz CT molecular complexity index is 1230. The normalized spacial score (nSPS) is 21.0. The fourth-order valence-electron chi connectivity index (χ4n) is 5.35. The van der Waals surface area contributed by atoms with Crippen molar-refractivity contribution in [1.82, 2.24) is 25.1 Å². The lowest BCUT2D eigenvalue weighted by atomic mass is 9.75. The van der Waals surface area contributed by atoms with Crippen molar-refractivity contribution in [3.8, 4) is 0 Å². The van der Waals surface area contributed by atoms with Crippen LogP contribution in [-0.4, -0.2) is 57.2 Å². The first-order valence-corrected chi connectivity index (χ1v) is 12.8. The van der Waals surface area contributed by atoms with E-state index in [-0.39, 0.29) is 23.8 Å². The molecule has 1 unspecified atom stereocenters. The van der Waals surface area contributed by atoms with Crippen molar-refractivity contribution < 1.29 is 14.4 Å². The second-order valence-electron chi connectivity index (χ2n) is 9.32. The number of amides is 4. The second kappa shape index (κ2) is 9.30. The van der Waals surface area contributed by atoms with Crippen molar-refractivity contribution in [2.75, 3.05) is 19.6 Å². The van der Waals surface area contributed by atoms with E-state index in [0.29, 0.717) is 50.3 Å². The number of piperidine rings is 1. The highest BCUT2D eigenvalue weighted by molar-refractivity contribution is 7.09. The summed E-state index contributed by atoms with van der Waals surface area (Å²) >= 11 is 1.61. The van der Waals surface area contributed by atoms with Crippen LogP contribution < -0.4 is 5.32 Å². The van der Waals surface area contributed by atoms with Gasteiger partial charge in [0.15, 0.2) is 5.54 Å². The molecule has 8 nitrogen and oxygen atoms in total. The molecule has 2 aliphatic rings. The van der Waals surface area contributed by atoms with Crippen LogP contribution in [-0.2, 0) is 16.8 Å². The van der Waals surface area contributed by atoms with Crippen molar-refractivity contribution in [2.45, 2.75) is 38.6 Å². The van der Waals surface area contributed by atoms with E-state index in [1.807, 2.05) is 54.5 Å². The molecule has 4 amide bonds. The summed E-state index contributed by atoms with van der Waals surface area (Å²) in [5.41, 5.74) is 1.83. The first-order chi connectivity index (χ1) is 16.9. The summed E-state index contributed by atoms with van der Waals surface area (Å²) in [6, 6.07) is 11.0. The van der Waals surface area contributed by atoms with Gasteiger partial charge in [-0.05, 0) is 68.3 Å². The molecule has 5 heterocycles. The van der Waals surface area contributed by atoms with Crippen molar-refractivity contribution in [3.05, 3.63) is 75.5 Å². The number of nitrogens with one attached hydrogen (secondary N) is 2. The Morgan fingerprint density at radius 3 is 2.60 bits per heavy atom. The molecule has 2 N–H and O–H groups in total. The van der Waals surface area contributed by atoms with Crippen LogP contribution in [0.5, 0.6) is 0 Å². The first-order valence-electron chi connectivity index (χ1n) is 11.9. The molecule has 0 aromatic carbocycles. The Labute approximate surface area is 208 Å². The van der Waals surface area contributed by atoms with Gasteiger partial charge in [0.2, 0.25) is 0 Å². The van der Waals surface area contributed by atoms with Gasteiger partial charge in [0.25, 0.3) is 11.8 Å². The lowest BCUT2D eigenvalue weighted by molar-refractivity contribution is -0.134. The number of likely N-dealkylation sites (tertiary alicyclic amines) is 1. The molecule has 3 aromatic heterocycles. The molecule has 182 valence electrons. The third-order valence-corrected chi connectivity index (χ3v) is 8.06. The van der Waals surface area contributed by atoms with E-state index in [9.17, 15) is 14.4 Å². The molecule has 5 rings (SSSR count). The number of rotatable bonds is 6. The van der Waals surface area contributed by atoms with Gasteiger partial charge in [-0.15, -0.1) is 11.3 Å². The van der Waals surface area contributed by atoms with Crippen molar-refractivity contribution >= 4 is 29.2 Å². The number of pyridine rings is 1. The molecule has 0 saturated carbocycles. The number of hydrogen-bond acceptors (Lipinski definition) is 5. The van der Waals surface area contributed by atoms with Gasteiger partial charge in [0.1, 0.15) is 5.69 Å². The monoisotopic (exact) mass is 491 g/mol. The largest absolute Gasteiger partial charge is 0.354 e. The summed E-state index contributed by atoms with van der Waals surface area (Å²) in [7, 11) is 0. The lowest BCUT2D eigenvalue weighted by Gasteiger charge is -2.40. The van der Waals surface area contributed by atoms with Gasteiger partial charge in [-0.2, -0.15) is 0 Å². The highest BCUT2D eigenvalue weighted by atomic mass is 32.1. The minimum absolute atomic E-state index is 0.0275. The maximum absolute atomic E-state index is 13.9. The molecule has 0 radical (unpaired) electrons. The standard InChI is InChI=1S/C26H29N5O3S/c1-17-16-18(2)28-22(17)23(32)30-12-8-19(9-13-30)26(21-7-3-4-11-27-21)24(33)31(25(34)29-26)14-10-20-6-5-15-35-20/h3-7,11,15-16,19,28H,8-10,12-14H2,1-2H3,(H,29,34). The molecule has 0 bridgehead atoms. The van der Waals surface area contributed by atoms with E-state index >= 15 is 0 Å². The minimum atomic E-state index is -1.22. The molecule has 9 heteroatoms. The van der Waals surface area contributed by atoms with E-state index in [2.05, 4.69) is 15.3 Å². The molecule has 2 saturated heterocycles. The molecular weight excluding hydrogens is 462 g/mol. The summed E-state index contributed by atoms with van der Waals surface area (Å²) in [5.74, 6) is -0.449. The van der Waals surface area contributed by atoms with Crippen LogP contribution in [0.4, 0.5) is 4.79 Å². The van der Waals surface area contributed by atoms with Crippen LogP contribution in [0.1, 0.15) is 45.2 Å². The molecule has 3 aromatic rings. The first kappa shape index (κ1) is 23.3. The summed E-state index contributed by atoms with van der Waals surface area (Å²) in [6.07, 6.45) is 3.45. The summed E-state index contributed by atoms with van der Waals surface area (Å²) in [4.78, 5) is 52.1. The minimum Gasteiger partial charge on any atom is -0.354 e. The molecule has 1 atom stereocenters. The zero-order chi connectivity index (χ0) is 24.6. The molecule has 0 spiro atoms. The van der Waals surface area contributed by atoms with Gasteiger partial charge in [0, 0.05) is 42.3 Å². The number of hydrogen-bond donors (Lipinski definition) is 2. The van der Waals surface area contributed by atoms with Crippen molar-refractivity contribution in [1.29, 1.82) is 0 Å². The van der Waals surface area contributed by atoms with Crippen LogP contribution in [0.3, 0.4) is 0 Å². The summed E-state index contributed by atoms with van der Waals surface area (Å²) in [6.45, 7) is 5.20. The zero-order valence-corrected chi connectivity index (χ0v) is 20.7. The summed E-state index contributed by atoms with van der Waals surface area (Å²) < 4.78 is 0. The van der Waals surface area contributed by atoms with Crippen LogP contribution in [0, 0.1) is 19.8 Å². The Morgan fingerprint density at radius 2 is 1.97 bits per heavy atom. The number of aromatic nitrogens is 2. The third-order valence-electron chi connectivity index (χ3n) is 7.12. The van der Waals surface area contributed by atoms with Crippen molar-refractivity contribution in [2.24, 2.45) is 5.92 Å². The SMILES string of the molecule is Cc1cc(C)c(C(=O)N2CCC(C3(c4ccccn4)NC(=O)N(CCc4cccs4)C3=O)CC2)[nH]1. The van der Waals surface area contributed by atoms with Crippen LogP contribution >= 0.6 is 11.3 Å². The Morgan fingerprint density at radius 1 is 1.17 bits per heavy atom. The predicted octanol–water partition coefficient (Wildman–Crippen LogP) is 3.63. The Balaban J connectivity index is 1.38. The van der Waals surface area contributed by atoms with Gasteiger partial charge >= 0.3 is 6.03 Å². The third kappa shape index (κ3) is 4.14. The Hall–Kier alpha value is -3.46. The maximum Gasteiger partial charge on any atom is 0.325 e. The fourth-order valence-corrected chi connectivity index (χ4v) is 6.05. The number of H-pyrrole nitrogens is 1. The molecular formula is C26H29N5O3S. The number of aromatic amines is 1. The number of thiophene rings is 1. The molecule has 2 fully saturated rings. The van der Waals surface area contributed by atoms with Crippen LogP contribution in [0.2, 0.25) is 0 Å². The van der Waals surface area contributed by atoms with Crippen LogP contribution in [0.15, 0.2) is 48.0 Å². The smallest absolute Gasteiger partial charge is 0.325 e. The number of nitrogens with zero attached hydrogens (tertiary/aromatic N) is 3. The fraction of sp³-hybridized carbons (Fsp3) is 0.385. The molecule has 0 aliphatic carbocycles. The average Bonchev–Trinajstić information content (AvgIpc) is 3.57. The number of carbonyl (C=O) groups excluding carboxylic acids is 3.